The Morgan fingerprint density at radius 2 is 1.83 bits per heavy atom. The number of halogens is 1. The van der Waals surface area contributed by atoms with Gasteiger partial charge in [-0.3, -0.25) is 0 Å². The minimum atomic E-state index is -0.119. The zero-order valence-electron chi connectivity index (χ0n) is 16.7. The number of hydrogen-bond acceptors (Lipinski definition) is 3. The molecule has 0 spiro atoms. The highest BCUT2D eigenvalue weighted by Crippen LogP contribution is 2.36. The number of hydrogen-bond donors (Lipinski definition) is 0. The molecule has 2 aliphatic heterocycles. The fraction of sp³-hybridized carbons (Fsp3) is 0.375. The molecule has 0 saturated carbocycles. The van der Waals surface area contributed by atoms with E-state index in [0.717, 1.165) is 60.5 Å². The van der Waals surface area contributed by atoms with Crippen LogP contribution in [0.4, 0.5) is 0 Å². The highest BCUT2D eigenvalue weighted by molar-refractivity contribution is 9.10. The van der Waals surface area contributed by atoms with Crippen LogP contribution in [-0.2, 0) is 17.7 Å². The third-order valence-corrected chi connectivity index (χ3v) is 6.61. The average molecular weight is 452 g/mol. The standard InChI is InChI=1S/C24H26BrN3O/c1-27-12-10-20(11-13-27)29-23-21-8-7-19(25)15-18(21)9-14-28-16-22(26-24(23)28)17-5-3-2-4-6-17/h2-8,15-16,20,23H,9-14H2,1H3. The monoisotopic (exact) mass is 451 g/mol. The molecule has 0 bridgehead atoms. The number of nitrogens with zero attached hydrogens (tertiary/aromatic N) is 3. The van der Waals surface area contributed by atoms with Gasteiger partial charge in [0, 0.05) is 35.9 Å². The minimum absolute atomic E-state index is 0.119. The lowest BCUT2D eigenvalue weighted by Gasteiger charge is -2.32. The van der Waals surface area contributed by atoms with Gasteiger partial charge in [0.2, 0.25) is 0 Å². The van der Waals surface area contributed by atoms with Gasteiger partial charge in [-0.15, -0.1) is 0 Å². The summed E-state index contributed by atoms with van der Waals surface area (Å²) in [7, 11) is 2.19. The van der Waals surface area contributed by atoms with Crippen molar-refractivity contribution in [2.75, 3.05) is 20.1 Å². The molecule has 5 heteroatoms. The fourth-order valence-corrected chi connectivity index (χ4v) is 4.85. The van der Waals surface area contributed by atoms with E-state index in [2.05, 4.69) is 81.1 Å². The molecule has 2 aliphatic rings. The molecule has 1 fully saturated rings. The van der Waals surface area contributed by atoms with E-state index in [0.29, 0.717) is 0 Å². The fourth-order valence-electron chi connectivity index (χ4n) is 4.44. The van der Waals surface area contributed by atoms with Crippen molar-refractivity contribution in [3.8, 4) is 11.3 Å². The summed E-state index contributed by atoms with van der Waals surface area (Å²) in [6, 6.07) is 17.0. The molecule has 29 heavy (non-hydrogen) atoms. The number of aromatic nitrogens is 2. The second-order valence-corrected chi connectivity index (χ2v) is 9.07. The lowest BCUT2D eigenvalue weighted by molar-refractivity contribution is -0.0275. The number of aryl methyl sites for hydroxylation is 2. The Morgan fingerprint density at radius 3 is 2.62 bits per heavy atom. The number of piperidine rings is 1. The molecule has 1 saturated heterocycles. The van der Waals surface area contributed by atoms with E-state index in [9.17, 15) is 0 Å². The SMILES string of the molecule is CN1CCC(OC2c3ccc(Br)cc3CCn3cc(-c4ccccc4)nc32)CC1. The predicted octanol–water partition coefficient (Wildman–Crippen LogP) is 5.07. The van der Waals surface area contributed by atoms with Gasteiger partial charge in [-0.1, -0.05) is 52.3 Å². The van der Waals surface area contributed by atoms with Gasteiger partial charge in [0.1, 0.15) is 11.9 Å². The molecule has 5 rings (SSSR count). The van der Waals surface area contributed by atoms with Crippen LogP contribution in [0.5, 0.6) is 0 Å². The van der Waals surface area contributed by atoms with Gasteiger partial charge in [-0.25, -0.2) is 4.98 Å². The Morgan fingerprint density at radius 1 is 1.03 bits per heavy atom. The van der Waals surface area contributed by atoms with Crippen molar-refractivity contribution in [2.45, 2.75) is 38.0 Å². The summed E-state index contributed by atoms with van der Waals surface area (Å²) in [5, 5.41) is 0. The van der Waals surface area contributed by atoms with Gasteiger partial charge in [-0.05, 0) is 49.6 Å². The van der Waals surface area contributed by atoms with Crippen LogP contribution in [0.25, 0.3) is 11.3 Å². The van der Waals surface area contributed by atoms with Gasteiger partial charge >= 0.3 is 0 Å². The number of likely N-dealkylation sites (tertiary alicyclic amines) is 1. The van der Waals surface area contributed by atoms with Gasteiger partial charge in [0.15, 0.2) is 0 Å². The Bertz CT molecular complexity index is 993. The lowest BCUT2D eigenvalue weighted by atomic mass is 10.00. The molecule has 3 aromatic rings. The molecular formula is C24H26BrN3O. The highest BCUT2D eigenvalue weighted by atomic mass is 79.9. The molecule has 0 radical (unpaired) electrons. The van der Waals surface area contributed by atoms with Crippen molar-refractivity contribution in [3.63, 3.8) is 0 Å². The topological polar surface area (TPSA) is 30.3 Å². The lowest BCUT2D eigenvalue weighted by Crippen LogP contribution is -2.35. The van der Waals surface area contributed by atoms with E-state index in [1.54, 1.807) is 0 Å². The summed E-state index contributed by atoms with van der Waals surface area (Å²) < 4.78 is 10.2. The molecule has 2 aromatic carbocycles. The number of benzene rings is 2. The number of imidazole rings is 1. The maximum absolute atomic E-state index is 6.78. The zero-order chi connectivity index (χ0) is 19.8. The first-order valence-electron chi connectivity index (χ1n) is 10.4. The van der Waals surface area contributed by atoms with Gasteiger partial charge < -0.3 is 14.2 Å². The van der Waals surface area contributed by atoms with Gasteiger partial charge in [-0.2, -0.15) is 0 Å². The van der Waals surface area contributed by atoms with Crippen LogP contribution >= 0.6 is 15.9 Å². The smallest absolute Gasteiger partial charge is 0.143 e. The van der Waals surface area contributed by atoms with Crippen LogP contribution in [0.2, 0.25) is 0 Å². The normalized spacial score (nSPS) is 20.1. The largest absolute Gasteiger partial charge is 0.362 e. The molecule has 1 atom stereocenters. The van der Waals surface area contributed by atoms with Crippen LogP contribution in [0.3, 0.4) is 0 Å². The first-order valence-corrected chi connectivity index (χ1v) is 11.2. The molecular weight excluding hydrogens is 426 g/mol. The quantitative estimate of drug-likeness (QED) is 0.556. The van der Waals surface area contributed by atoms with Crippen molar-refractivity contribution in [1.29, 1.82) is 0 Å². The second-order valence-electron chi connectivity index (χ2n) is 8.16. The van der Waals surface area contributed by atoms with Crippen molar-refractivity contribution < 1.29 is 4.74 Å². The van der Waals surface area contributed by atoms with E-state index in [1.165, 1.54) is 11.1 Å². The van der Waals surface area contributed by atoms with E-state index in [1.807, 2.05) is 6.07 Å². The van der Waals surface area contributed by atoms with E-state index in [4.69, 9.17) is 9.72 Å². The van der Waals surface area contributed by atoms with Crippen LogP contribution in [0.15, 0.2) is 59.2 Å². The molecule has 1 unspecified atom stereocenters. The molecule has 0 N–H and O–H groups in total. The Hall–Kier alpha value is -1.95. The molecule has 0 aliphatic carbocycles. The van der Waals surface area contributed by atoms with Gasteiger partial charge in [0.25, 0.3) is 0 Å². The average Bonchev–Trinajstić information content (AvgIpc) is 3.11. The molecule has 3 heterocycles. The van der Waals surface area contributed by atoms with Crippen LogP contribution < -0.4 is 0 Å². The summed E-state index contributed by atoms with van der Waals surface area (Å²) in [4.78, 5) is 7.46. The van der Waals surface area contributed by atoms with Crippen molar-refractivity contribution >= 4 is 15.9 Å². The third kappa shape index (κ3) is 3.91. The Labute approximate surface area is 180 Å². The zero-order valence-corrected chi connectivity index (χ0v) is 18.3. The van der Waals surface area contributed by atoms with Gasteiger partial charge in [0.05, 0.1) is 11.8 Å². The number of fused-ring (bicyclic) bond motifs is 2. The summed E-state index contributed by atoms with van der Waals surface area (Å²) >= 11 is 3.64. The number of ether oxygens (including phenoxy) is 1. The third-order valence-electron chi connectivity index (χ3n) is 6.12. The first-order chi connectivity index (χ1) is 14.2. The minimum Gasteiger partial charge on any atom is -0.362 e. The van der Waals surface area contributed by atoms with E-state index in [-0.39, 0.29) is 12.2 Å². The first kappa shape index (κ1) is 19.0. The summed E-state index contributed by atoms with van der Waals surface area (Å²) in [5.74, 6) is 1.03. The van der Waals surface area contributed by atoms with Crippen molar-refractivity contribution in [3.05, 3.63) is 76.2 Å². The second kappa shape index (κ2) is 8.05. The molecule has 0 amide bonds. The molecule has 4 nitrogen and oxygen atoms in total. The number of rotatable bonds is 3. The Balaban J connectivity index is 1.54. The predicted molar refractivity (Wildman–Crippen MR) is 119 cm³/mol. The molecule has 1 aromatic heterocycles. The highest BCUT2D eigenvalue weighted by Gasteiger charge is 2.30. The summed E-state index contributed by atoms with van der Waals surface area (Å²) in [6.45, 7) is 3.11. The van der Waals surface area contributed by atoms with Crippen LogP contribution in [0, 0.1) is 0 Å². The molecule has 150 valence electrons. The Kier molecular flexibility index (Phi) is 5.29. The van der Waals surface area contributed by atoms with Crippen molar-refractivity contribution in [1.82, 2.24) is 14.5 Å². The summed E-state index contributed by atoms with van der Waals surface area (Å²) in [6.07, 6.45) is 5.48. The van der Waals surface area contributed by atoms with E-state index < -0.39 is 0 Å². The summed E-state index contributed by atoms with van der Waals surface area (Å²) in [5.41, 5.74) is 4.79. The van der Waals surface area contributed by atoms with E-state index >= 15 is 0 Å². The maximum Gasteiger partial charge on any atom is 0.143 e. The van der Waals surface area contributed by atoms with Crippen molar-refractivity contribution in [2.24, 2.45) is 0 Å². The van der Waals surface area contributed by atoms with Crippen LogP contribution in [0.1, 0.15) is 35.9 Å². The van der Waals surface area contributed by atoms with Crippen LogP contribution in [-0.4, -0.2) is 40.7 Å². The maximum atomic E-state index is 6.78.